The average Bonchev–Trinajstić information content (AvgIpc) is 2.27. The van der Waals surface area contributed by atoms with Crippen molar-refractivity contribution in [2.24, 2.45) is 5.84 Å². The Balaban J connectivity index is 2.61. The molecule has 96 valence electrons. The molecule has 1 heterocycles. The molecule has 0 amide bonds. The molecular weight excluding hydrogens is 231 g/mol. The number of hydrazine groups is 1. The predicted molar refractivity (Wildman–Crippen MR) is 59.1 cm³/mol. The number of nitrogens with zero attached hydrogens (tertiary/aromatic N) is 1. The molecule has 0 bridgehead atoms. The number of aromatic nitrogens is 1. The number of rotatable bonds is 5. The van der Waals surface area contributed by atoms with E-state index in [0.717, 1.165) is 12.0 Å². The molecule has 6 heteroatoms. The zero-order valence-electron chi connectivity index (χ0n) is 9.59. The summed E-state index contributed by atoms with van der Waals surface area (Å²) in [5.74, 6) is 5.11. The van der Waals surface area contributed by atoms with Crippen molar-refractivity contribution in [3.05, 3.63) is 29.6 Å². The largest absolute Gasteiger partial charge is 0.390 e. The van der Waals surface area contributed by atoms with Crippen molar-refractivity contribution in [3.63, 3.8) is 0 Å². The molecule has 1 aromatic rings. The number of aryl methyl sites for hydroxylation is 1. The summed E-state index contributed by atoms with van der Waals surface area (Å²) in [6.45, 7) is 1.99. The molecule has 17 heavy (non-hydrogen) atoms. The van der Waals surface area contributed by atoms with Gasteiger partial charge >= 0.3 is 6.18 Å². The molecule has 0 aromatic carbocycles. The van der Waals surface area contributed by atoms with Crippen molar-refractivity contribution >= 4 is 0 Å². The lowest BCUT2D eigenvalue weighted by Crippen LogP contribution is -2.40. The highest BCUT2D eigenvalue weighted by Gasteiger charge is 2.31. The van der Waals surface area contributed by atoms with Gasteiger partial charge in [0, 0.05) is 24.4 Å². The number of hydrogen-bond donors (Lipinski definition) is 2. The summed E-state index contributed by atoms with van der Waals surface area (Å²) in [5, 5.41) is 0. The minimum Gasteiger partial charge on any atom is -0.271 e. The van der Waals surface area contributed by atoms with Crippen molar-refractivity contribution in [1.82, 2.24) is 10.4 Å². The first-order valence-electron chi connectivity index (χ1n) is 5.41. The van der Waals surface area contributed by atoms with Crippen LogP contribution >= 0.6 is 0 Å². The van der Waals surface area contributed by atoms with E-state index < -0.39 is 18.6 Å². The number of pyridine rings is 1. The summed E-state index contributed by atoms with van der Waals surface area (Å²) in [6.07, 6.45) is -2.48. The third-order valence-corrected chi connectivity index (χ3v) is 2.46. The van der Waals surface area contributed by atoms with E-state index in [1.165, 1.54) is 0 Å². The maximum absolute atomic E-state index is 12.2. The van der Waals surface area contributed by atoms with Crippen molar-refractivity contribution in [2.45, 2.75) is 38.4 Å². The minimum absolute atomic E-state index is 0.167. The molecule has 1 atom stereocenters. The summed E-state index contributed by atoms with van der Waals surface area (Å²) in [7, 11) is 0. The molecule has 0 saturated heterocycles. The number of nitrogens with one attached hydrogen (secondary N) is 1. The second-order valence-electron chi connectivity index (χ2n) is 3.90. The van der Waals surface area contributed by atoms with Gasteiger partial charge in [0.2, 0.25) is 0 Å². The van der Waals surface area contributed by atoms with Crippen LogP contribution < -0.4 is 11.3 Å². The topological polar surface area (TPSA) is 50.9 Å². The molecule has 0 spiro atoms. The second-order valence-corrected chi connectivity index (χ2v) is 3.90. The van der Waals surface area contributed by atoms with E-state index in [2.05, 4.69) is 10.4 Å². The summed E-state index contributed by atoms with van der Waals surface area (Å²) in [5.41, 5.74) is 3.84. The average molecular weight is 247 g/mol. The number of halogens is 3. The van der Waals surface area contributed by atoms with Crippen LogP contribution in [0.3, 0.4) is 0 Å². The highest BCUT2D eigenvalue weighted by molar-refractivity contribution is 5.14. The summed E-state index contributed by atoms with van der Waals surface area (Å²) in [4.78, 5) is 4.10. The zero-order valence-corrected chi connectivity index (χ0v) is 9.59. The molecule has 1 aromatic heterocycles. The molecule has 0 aliphatic rings. The van der Waals surface area contributed by atoms with Gasteiger partial charge in [0.1, 0.15) is 0 Å². The number of nitrogens with two attached hydrogens (primary N) is 1. The van der Waals surface area contributed by atoms with Crippen LogP contribution in [-0.4, -0.2) is 17.2 Å². The van der Waals surface area contributed by atoms with Crippen LogP contribution in [0.1, 0.15) is 24.6 Å². The Morgan fingerprint density at radius 2 is 2.12 bits per heavy atom. The van der Waals surface area contributed by atoms with Crippen molar-refractivity contribution < 1.29 is 13.2 Å². The lowest BCUT2D eigenvalue weighted by Gasteiger charge is -2.17. The van der Waals surface area contributed by atoms with Gasteiger partial charge in [-0.25, -0.2) is 0 Å². The van der Waals surface area contributed by atoms with Gasteiger partial charge in [0.15, 0.2) is 0 Å². The lowest BCUT2D eigenvalue weighted by molar-refractivity contribution is -0.140. The Morgan fingerprint density at radius 3 is 2.53 bits per heavy atom. The van der Waals surface area contributed by atoms with Gasteiger partial charge in [0.25, 0.3) is 0 Å². The van der Waals surface area contributed by atoms with Crippen LogP contribution in [-0.2, 0) is 12.8 Å². The van der Waals surface area contributed by atoms with Crippen LogP contribution in [0.15, 0.2) is 18.3 Å². The van der Waals surface area contributed by atoms with E-state index in [9.17, 15) is 13.2 Å². The molecule has 1 unspecified atom stereocenters. The molecule has 0 aliphatic heterocycles. The SMILES string of the molecule is CCc1ccc(CC(CC(F)(F)F)NN)nc1. The Morgan fingerprint density at radius 1 is 1.41 bits per heavy atom. The molecule has 0 radical (unpaired) electrons. The predicted octanol–water partition coefficient (Wildman–Crippen LogP) is 1.97. The molecule has 0 aliphatic carbocycles. The standard InChI is InChI=1S/C11H16F3N3/c1-2-8-3-4-9(16-7-8)5-10(17-15)6-11(12,13)14/h3-4,7,10,17H,2,5-6,15H2,1H3. The van der Waals surface area contributed by atoms with Gasteiger partial charge in [-0.2, -0.15) is 13.2 Å². The van der Waals surface area contributed by atoms with E-state index in [0.29, 0.717) is 5.69 Å². The smallest absolute Gasteiger partial charge is 0.271 e. The van der Waals surface area contributed by atoms with E-state index in [4.69, 9.17) is 5.84 Å². The van der Waals surface area contributed by atoms with E-state index in [1.807, 2.05) is 13.0 Å². The maximum atomic E-state index is 12.2. The van der Waals surface area contributed by atoms with Crippen molar-refractivity contribution in [2.75, 3.05) is 0 Å². The maximum Gasteiger partial charge on any atom is 0.390 e. The fourth-order valence-electron chi connectivity index (χ4n) is 1.51. The van der Waals surface area contributed by atoms with Gasteiger partial charge in [-0.05, 0) is 18.1 Å². The van der Waals surface area contributed by atoms with Crippen LogP contribution in [0.5, 0.6) is 0 Å². The molecule has 0 saturated carbocycles. The van der Waals surface area contributed by atoms with Gasteiger partial charge in [-0.1, -0.05) is 13.0 Å². The molecule has 3 N–H and O–H groups in total. The van der Waals surface area contributed by atoms with Crippen LogP contribution in [0.2, 0.25) is 0 Å². The van der Waals surface area contributed by atoms with Gasteiger partial charge in [-0.15, -0.1) is 0 Å². The summed E-state index contributed by atoms with van der Waals surface area (Å²) >= 11 is 0. The first-order valence-corrected chi connectivity index (χ1v) is 5.41. The third-order valence-electron chi connectivity index (χ3n) is 2.46. The first kappa shape index (κ1) is 13.9. The van der Waals surface area contributed by atoms with Gasteiger partial charge in [-0.3, -0.25) is 16.3 Å². The fraction of sp³-hybridized carbons (Fsp3) is 0.545. The molecule has 3 nitrogen and oxygen atoms in total. The highest BCUT2D eigenvalue weighted by atomic mass is 19.4. The Hall–Kier alpha value is -1.14. The quantitative estimate of drug-likeness (QED) is 0.618. The minimum atomic E-state index is -4.22. The van der Waals surface area contributed by atoms with E-state index in [1.54, 1.807) is 12.3 Å². The lowest BCUT2D eigenvalue weighted by atomic mass is 10.1. The molecule has 0 fully saturated rings. The zero-order chi connectivity index (χ0) is 12.9. The van der Waals surface area contributed by atoms with Gasteiger partial charge in [0.05, 0.1) is 6.42 Å². The monoisotopic (exact) mass is 247 g/mol. The van der Waals surface area contributed by atoms with Crippen LogP contribution in [0.25, 0.3) is 0 Å². The summed E-state index contributed by atoms with van der Waals surface area (Å²) in [6, 6.07) is 2.76. The third kappa shape index (κ3) is 5.14. The fourth-order valence-corrected chi connectivity index (χ4v) is 1.51. The Bertz CT molecular complexity index is 335. The Kier molecular flexibility index (Phi) is 4.89. The summed E-state index contributed by atoms with van der Waals surface area (Å²) < 4.78 is 36.6. The van der Waals surface area contributed by atoms with Crippen LogP contribution in [0, 0.1) is 0 Å². The first-order chi connectivity index (χ1) is 7.94. The van der Waals surface area contributed by atoms with Crippen molar-refractivity contribution in [3.8, 4) is 0 Å². The van der Waals surface area contributed by atoms with Crippen molar-refractivity contribution in [1.29, 1.82) is 0 Å². The molecular formula is C11H16F3N3. The normalized spacial score (nSPS) is 13.7. The highest BCUT2D eigenvalue weighted by Crippen LogP contribution is 2.22. The molecule has 1 rings (SSSR count). The number of hydrogen-bond acceptors (Lipinski definition) is 3. The Labute approximate surface area is 98.2 Å². The van der Waals surface area contributed by atoms with E-state index >= 15 is 0 Å². The van der Waals surface area contributed by atoms with E-state index in [-0.39, 0.29) is 6.42 Å². The van der Waals surface area contributed by atoms with Gasteiger partial charge < -0.3 is 0 Å². The second kappa shape index (κ2) is 5.97. The number of alkyl halides is 3. The van der Waals surface area contributed by atoms with Crippen LogP contribution in [0.4, 0.5) is 13.2 Å².